The average Bonchev–Trinajstić information content (AvgIpc) is 2.71. The number of carbonyl (C=O) groups is 2. The van der Waals surface area contributed by atoms with E-state index in [1.54, 1.807) is 30.3 Å². The second kappa shape index (κ2) is 8.97. The summed E-state index contributed by atoms with van der Waals surface area (Å²) in [7, 11) is 0. The van der Waals surface area contributed by atoms with Gasteiger partial charge in [-0.2, -0.15) is 8.78 Å². The minimum atomic E-state index is -2.92. The lowest BCUT2D eigenvalue weighted by atomic mass is 10.1. The molecule has 2 amide bonds. The van der Waals surface area contributed by atoms with Crippen LogP contribution in [0.5, 0.6) is 5.75 Å². The number of rotatable bonds is 6. The van der Waals surface area contributed by atoms with Crippen molar-refractivity contribution in [2.45, 2.75) is 13.5 Å². The monoisotopic (exact) mass is 396 g/mol. The number of halogens is 2. The van der Waals surface area contributed by atoms with E-state index >= 15 is 0 Å². The predicted octanol–water partition coefficient (Wildman–Crippen LogP) is 5.10. The van der Waals surface area contributed by atoms with Crippen molar-refractivity contribution in [1.29, 1.82) is 0 Å². The van der Waals surface area contributed by atoms with Gasteiger partial charge < -0.3 is 15.4 Å². The van der Waals surface area contributed by atoms with E-state index in [1.165, 1.54) is 30.3 Å². The minimum Gasteiger partial charge on any atom is -0.435 e. The Hall–Kier alpha value is -3.74. The third kappa shape index (κ3) is 5.38. The van der Waals surface area contributed by atoms with Crippen LogP contribution in [0.15, 0.2) is 72.8 Å². The number of carbonyl (C=O) groups excluding carboxylic acids is 2. The van der Waals surface area contributed by atoms with Crippen LogP contribution in [0.4, 0.5) is 20.2 Å². The molecule has 0 heterocycles. The molecule has 5 nitrogen and oxygen atoms in total. The molecule has 3 aromatic rings. The lowest BCUT2D eigenvalue weighted by Crippen LogP contribution is -2.20. The summed E-state index contributed by atoms with van der Waals surface area (Å²) < 4.78 is 28.7. The van der Waals surface area contributed by atoms with Crippen molar-refractivity contribution in [2.75, 3.05) is 10.6 Å². The van der Waals surface area contributed by atoms with Crippen LogP contribution < -0.4 is 15.4 Å². The third-order valence-corrected chi connectivity index (χ3v) is 4.06. The SMILES string of the molecule is Cc1ccc(NC(=O)c2ccccc2C(=O)Nc2ccc(OC(F)F)cc2)cc1. The summed E-state index contributed by atoms with van der Waals surface area (Å²) in [5.74, 6) is -0.932. The number of anilines is 2. The summed E-state index contributed by atoms with van der Waals surface area (Å²) in [4.78, 5) is 25.3. The molecule has 0 unspecified atom stereocenters. The second-order valence-electron chi connectivity index (χ2n) is 6.22. The van der Waals surface area contributed by atoms with Crippen LogP contribution in [0.1, 0.15) is 26.3 Å². The van der Waals surface area contributed by atoms with Crippen LogP contribution >= 0.6 is 0 Å². The number of ether oxygens (including phenoxy) is 1. The molecule has 2 N–H and O–H groups in total. The molecule has 0 aliphatic rings. The molecule has 0 bridgehead atoms. The van der Waals surface area contributed by atoms with Gasteiger partial charge in [0.05, 0.1) is 11.1 Å². The highest BCUT2D eigenvalue weighted by molar-refractivity contribution is 6.15. The highest BCUT2D eigenvalue weighted by Gasteiger charge is 2.17. The van der Waals surface area contributed by atoms with Crippen molar-refractivity contribution in [3.05, 3.63) is 89.5 Å². The van der Waals surface area contributed by atoms with Gasteiger partial charge >= 0.3 is 6.61 Å². The maximum atomic E-state index is 12.7. The molecule has 0 aliphatic heterocycles. The fourth-order valence-corrected chi connectivity index (χ4v) is 2.63. The molecule has 3 aromatic carbocycles. The number of aryl methyl sites for hydroxylation is 1. The van der Waals surface area contributed by atoms with Crippen LogP contribution in [-0.2, 0) is 0 Å². The molecule has 0 atom stereocenters. The van der Waals surface area contributed by atoms with E-state index in [0.717, 1.165) is 5.56 Å². The lowest BCUT2D eigenvalue weighted by molar-refractivity contribution is -0.0498. The van der Waals surface area contributed by atoms with Gasteiger partial charge in [-0.15, -0.1) is 0 Å². The van der Waals surface area contributed by atoms with Gasteiger partial charge in [-0.1, -0.05) is 29.8 Å². The topological polar surface area (TPSA) is 67.4 Å². The number of hydrogen-bond donors (Lipinski definition) is 2. The van der Waals surface area contributed by atoms with Crippen LogP contribution in [0.3, 0.4) is 0 Å². The molecule has 0 aliphatic carbocycles. The fourth-order valence-electron chi connectivity index (χ4n) is 2.63. The standard InChI is InChI=1S/C22H18F2N2O3/c1-14-6-8-15(9-7-14)25-20(27)18-4-2-3-5-19(18)21(28)26-16-10-12-17(13-11-16)29-22(23)24/h2-13,22H,1H3,(H,25,27)(H,26,28). The van der Waals surface area contributed by atoms with Crippen LogP contribution in [0.2, 0.25) is 0 Å². The van der Waals surface area contributed by atoms with E-state index < -0.39 is 18.4 Å². The Bertz CT molecular complexity index is 1000. The molecule has 7 heteroatoms. The first-order chi connectivity index (χ1) is 13.9. The van der Waals surface area contributed by atoms with Gasteiger partial charge in [-0.25, -0.2) is 0 Å². The smallest absolute Gasteiger partial charge is 0.387 e. The fraction of sp³-hybridized carbons (Fsp3) is 0.0909. The zero-order valence-corrected chi connectivity index (χ0v) is 15.5. The predicted molar refractivity (Wildman–Crippen MR) is 107 cm³/mol. The summed E-state index contributed by atoms with van der Waals surface area (Å²) in [5.41, 5.74) is 2.46. The van der Waals surface area contributed by atoms with Gasteiger partial charge in [0.15, 0.2) is 0 Å². The molecular formula is C22H18F2N2O3. The van der Waals surface area contributed by atoms with E-state index in [4.69, 9.17) is 0 Å². The van der Waals surface area contributed by atoms with Crippen molar-refractivity contribution in [1.82, 2.24) is 0 Å². The molecule has 0 spiro atoms. The van der Waals surface area contributed by atoms with Gasteiger partial charge in [0.25, 0.3) is 11.8 Å². The first-order valence-electron chi connectivity index (χ1n) is 8.75. The van der Waals surface area contributed by atoms with E-state index in [9.17, 15) is 18.4 Å². The number of alkyl halides is 2. The molecule has 0 saturated heterocycles. The van der Waals surface area contributed by atoms with E-state index in [0.29, 0.717) is 11.4 Å². The van der Waals surface area contributed by atoms with Gasteiger partial charge in [-0.05, 0) is 55.5 Å². The van der Waals surface area contributed by atoms with Crippen LogP contribution in [0.25, 0.3) is 0 Å². The highest BCUT2D eigenvalue weighted by Crippen LogP contribution is 2.20. The number of amides is 2. The molecule has 29 heavy (non-hydrogen) atoms. The molecule has 0 saturated carbocycles. The van der Waals surface area contributed by atoms with Crippen molar-refractivity contribution in [3.8, 4) is 5.75 Å². The molecule has 0 radical (unpaired) electrons. The maximum Gasteiger partial charge on any atom is 0.387 e. The Kier molecular flexibility index (Phi) is 6.19. The summed E-state index contributed by atoms with van der Waals surface area (Å²) in [6.07, 6.45) is 0. The van der Waals surface area contributed by atoms with Crippen LogP contribution in [-0.4, -0.2) is 18.4 Å². The Morgan fingerprint density at radius 3 is 1.66 bits per heavy atom. The Morgan fingerprint density at radius 2 is 1.21 bits per heavy atom. The molecule has 0 aromatic heterocycles. The summed E-state index contributed by atoms with van der Waals surface area (Å²) in [6.45, 7) is -0.980. The second-order valence-corrected chi connectivity index (χ2v) is 6.22. The Morgan fingerprint density at radius 1 is 0.759 bits per heavy atom. The summed E-state index contributed by atoms with van der Waals surface area (Å²) in [5, 5.41) is 5.41. The van der Waals surface area contributed by atoms with Crippen molar-refractivity contribution in [3.63, 3.8) is 0 Å². The number of nitrogens with one attached hydrogen (secondary N) is 2. The van der Waals surface area contributed by atoms with Crippen molar-refractivity contribution < 1.29 is 23.1 Å². The maximum absolute atomic E-state index is 12.7. The molecular weight excluding hydrogens is 378 g/mol. The minimum absolute atomic E-state index is 0.0177. The van der Waals surface area contributed by atoms with Gasteiger partial charge in [0.2, 0.25) is 0 Å². The number of hydrogen-bond acceptors (Lipinski definition) is 3. The zero-order valence-electron chi connectivity index (χ0n) is 15.5. The first-order valence-corrected chi connectivity index (χ1v) is 8.75. The molecule has 0 fully saturated rings. The Labute approximate surface area is 166 Å². The summed E-state index contributed by atoms with van der Waals surface area (Å²) >= 11 is 0. The average molecular weight is 396 g/mol. The quantitative estimate of drug-likeness (QED) is 0.609. The van der Waals surface area contributed by atoms with Gasteiger partial charge in [-0.3, -0.25) is 9.59 Å². The largest absolute Gasteiger partial charge is 0.435 e. The lowest BCUT2D eigenvalue weighted by Gasteiger charge is -2.11. The van der Waals surface area contributed by atoms with E-state index in [2.05, 4.69) is 15.4 Å². The molecule has 3 rings (SSSR count). The van der Waals surface area contributed by atoms with Crippen molar-refractivity contribution >= 4 is 23.2 Å². The van der Waals surface area contributed by atoms with Gasteiger partial charge in [0.1, 0.15) is 5.75 Å². The summed E-state index contributed by atoms with van der Waals surface area (Å²) in [6, 6.07) is 19.2. The third-order valence-electron chi connectivity index (χ3n) is 4.06. The zero-order chi connectivity index (χ0) is 20.8. The first kappa shape index (κ1) is 20.0. The number of benzene rings is 3. The normalized spacial score (nSPS) is 10.5. The molecule has 148 valence electrons. The van der Waals surface area contributed by atoms with Crippen molar-refractivity contribution in [2.24, 2.45) is 0 Å². The highest BCUT2D eigenvalue weighted by atomic mass is 19.3. The van der Waals surface area contributed by atoms with E-state index in [-0.39, 0.29) is 16.9 Å². The van der Waals surface area contributed by atoms with Crippen LogP contribution in [0, 0.1) is 6.92 Å². The Balaban J connectivity index is 1.74. The van der Waals surface area contributed by atoms with Gasteiger partial charge in [0, 0.05) is 11.4 Å². The van der Waals surface area contributed by atoms with E-state index in [1.807, 2.05) is 19.1 Å².